The number of alkyl halides is 3. The molecule has 1 heterocycles. The number of allylic oxidation sites excluding steroid dienone is 1. The molecule has 0 aliphatic rings. The minimum atomic E-state index is -4.99. The molecule has 0 bridgehead atoms. The molecular formula is C20H14F3NO2. The summed E-state index contributed by atoms with van der Waals surface area (Å²) >= 11 is 0. The van der Waals surface area contributed by atoms with Crippen molar-refractivity contribution in [2.24, 2.45) is 0 Å². The Hall–Kier alpha value is -3.15. The number of rotatable bonds is 4. The van der Waals surface area contributed by atoms with Crippen LogP contribution >= 0.6 is 0 Å². The Morgan fingerprint density at radius 3 is 2.19 bits per heavy atom. The summed E-state index contributed by atoms with van der Waals surface area (Å²) in [4.78, 5) is 24.0. The molecular weight excluding hydrogens is 343 g/mol. The molecule has 0 fully saturated rings. The summed E-state index contributed by atoms with van der Waals surface area (Å²) in [5, 5.41) is 0.148. The lowest BCUT2D eigenvalue weighted by Crippen LogP contribution is -2.22. The molecule has 0 aliphatic carbocycles. The van der Waals surface area contributed by atoms with Gasteiger partial charge in [-0.3, -0.25) is 9.59 Å². The second kappa shape index (κ2) is 6.63. The van der Waals surface area contributed by atoms with Crippen LogP contribution in [0.3, 0.4) is 0 Å². The molecule has 0 radical (unpaired) electrons. The highest BCUT2D eigenvalue weighted by atomic mass is 19.4. The van der Waals surface area contributed by atoms with Crippen molar-refractivity contribution in [3.63, 3.8) is 0 Å². The number of carbonyl (C=O) groups is 2. The number of hydrogen-bond donors (Lipinski definition) is 0. The lowest BCUT2D eigenvalue weighted by molar-refractivity contribution is -0.112. The number of carbonyl (C=O) groups excluding carboxylic acids is 2. The number of benzene rings is 2. The van der Waals surface area contributed by atoms with Crippen LogP contribution in [0.4, 0.5) is 13.2 Å². The highest BCUT2D eigenvalue weighted by Gasteiger charge is 2.41. The fraction of sp³-hybridized carbons (Fsp3) is 0.100. The maximum Gasteiger partial charge on any atom is 0.454 e. The van der Waals surface area contributed by atoms with E-state index in [0.29, 0.717) is 5.52 Å². The van der Waals surface area contributed by atoms with E-state index < -0.39 is 17.5 Å². The van der Waals surface area contributed by atoms with Gasteiger partial charge in [-0.25, -0.2) is 0 Å². The van der Waals surface area contributed by atoms with Crippen LogP contribution in [0.1, 0.15) is 22.8 Å². The zero-order valence-corrected chi connectivity index (χ0v) is 13.7. The van der Waals surface area contributed by atoms with E-state index in [1.807, 2.05) is 6.07 Å². The van der Waals surface area contributed by atoms with Gasteiger partial charge in [0.15, 0.2) is 5.78 Å². The van der Waals surface area contributed by atoms with E-state index in [1.54, 1.807) is 48.5 Å². The van der Waals surface area contributed by atoms with E-state index in [9.17, 15) is 22.8 Å². The van der Waals surface area contributed by atoms with E-state index in [4.69, 9.17) is 0 Å². The first kappa shape index (κ1) is 17.7. The van der Waals surface area contributed by atoms with E-state index in [-0.39, 0.29) is 16.9 Å². The summed E-state index contributed by atoms with van der Waals surface area (Å²) in [7, 11) is 0. The van der Waals surface area contributed by atoms with E-state index in [1.165, 1.54) is 17.6 Å². The normalized spacial score (nSPS) is 12.4. The van der Waals surface area contributed by atoms with Gasteiger partial charge in [-0.05, 0) is 17.7 Å². The minimum Gasteiger partial charge on any atom is -0.313 e. The third-order valence-corrected chi connectivity index (χ3v) is 3.94. The van der Waals surface area contributed by atoms with Crippen molar-refractivity contribution >= 4 is 34.2 Å². The van der Waals surface area contributed by atoms with Crippen LogP contribution in [0.25, 0.3) is 22.7 Å². The number of aromatic nitrogens is 1. The molecule has 0 amide bonds. The fourth-order valence-corrected chi connectivity index (χ4v) is 2.76. The van der Waals surface area contributed by atoms with Crippen LogP contribution in [-0.2, 0) is 4.79 Å². The lowest BCUT2D eigenvalue weighted by atomic mass is 10.1. The Morgan fingerprint density at radius 1 is 0.962 bits per heavy atom. The average Bonchev–Trinajstić information content (AvgIpc) is 2.98. The topological polar surface area (TPSA) is 39.1 Å². The molecule has 1 aromatic heterocycles. The van der Waals surface area contributed by atoms with Crippen LogP contribution in [0.5, 0.6) is 0 Å². The van der Waals surface area contributed by atoms with Crippen LogP contribution in [0.15, 0.2) is 60.8 Å². The largest absolute Gasteiger partial charge is 0.454 e. The highest BCUT2D eigenvalue weighted by molar-refractivity contribution is 6.21. The monoisotopic (exact) mass is 357 g/mol. The molecule has 3 rings (SSSR count). The number of nitrogens with zero attached hydrogens (tertiary/aromatic N) is 1. The molecule has 26 heavy (non-hydrogen) atoms. The molecule has 0 saturated carbocycles. The van der Waals surface area contributed by atoms with Crippen LogP contribution in [-0.4, -0.2) is 22.3 Å². The molecule has 132 valence electrons. The zero-order valence-electron chi connectivity index (χ0n) is 13.7. The predicted octanol–water partition coefficient (Wildman–Crippen LogP) is 4.97. The molecule has 0 aliphatic heterocycles. The van der Waals surface area contributed by atoms with Gasteiger partial charge in [0, 0.05) is 18.5 Å². The summed E-state index contributed by atoms with van der Waals surface area (Å²) in [6.07, 6.45) is -2.33. The van der Waals surface area contributed by atoms with E-state index in [2.05, 4.69) is 0 Å². The standard InChI is InChI=1S/C20H14F3NO2/c1-13(25)18(11-14-7-3-2-4-8-14)24-12-16(19(26)20(21,22)23)15-9-5-6-10-17(15)24/h2-12H,1H3/b18-11-. The van der Waals surface area contributed by atoms with Gasteiger partial charge in [0.1, 0.15) is 0 Å². The number of halogens is 3. The Labute approximate surface area is 147 Å². The van der Waals surface area contributed by atoms with Crippen LogP contribution in [0.2, 0.25) is 0 Å². The summed E-state index contributed by atoms with van der Waals surface area (Å²) < 4.78 is 40.2. The maximum atomic E-state index is 12.9. The first-order chi connectivity index (χ1) is 12.3. The number of fused-ring (bicyclic) bond motifs is 1. The molecule has 0 unspecified atom stereocenters. The SMILES string of the molecule is CC(=O)/C(=C/c1ccccc1)n1cc(C(=O)C(F)(F)F)c2ccccc21. The van der Waals surface area contributed by atoms with Crippen molar-refractivity contribution in [2.75, 3.05) is 0 Å². The van der Waals surface area contributed by atoms with Gasteiger partial charge in [0.2, 0.25) is 0 Å². The number of hydrogen-bond acceptors (Lipinski definition) is 2. The zero-order chi connectivity index (χ0) is 18.9. The Bertz CT molecular complexity index is 1010. The summed E-state index contributed by atoms with van der Waals surface area (Å²) in [5.41, 5.74) is 0.776. The Morgan fingerprint density at radius 2 is 1.58 bits per heavy atom. The van der Waals surface area contributed by atoms with Gasteiger partial charge in [-0.15, -0.1) is 0 Å². The number of Topliss-reactive ketones (excluding diaryl/α,β-unsaturated/α-hetero) is 2. The van der Waals surface area contributed by atoms with Crippen LogP contribution in [0, 0.1) is 0 Å². The van der Waals surface area contributed by atoms with Crippen molar-refractivity contribution < 1.29 is 22.8 Å². The van der Waals surface area contributed by atoms with Gasteiger partial charge in [0.25, 0.3) is 5.78 Å². The second-order valence-corrected chi connectivity index (χ2v) is 5.75. The predicted molar refractivity (Wildman–Crippen MR) is 93.6 cm³/mol. The Balaban J connectivity index is 2.25. The van der Waals surface area contributed by atoms with Crippen LogP contribution < -0.4 is 0 Å². The van der Waals surface area contributed by atoms with E-state index >= 15 is 0 Å². The molecule has 2 aromatic carbocycles. The van der Waals surface area contributed by atoms with Crippen molar-refractivity contribution in [2.45, 2.75) is 13.1 Å². The first-order valence-electron chi connectivity index (χ1n) is 7.78. The molecule has 0 saturated heterocycles. The van der Waals surface area contributed by atoms with Gasteiger partial charge in [0.05, 0.1) is 16.8 Å². The quantitative estimate of drug-likeness (QED) is 0.488. The van der Waals surface area contributed by atoms with Crippen molar-refractivity contribution in [1.29, 1.82) is 0 Å². The van der Waals surface area contributed by atoms with E-state index in [0.717, 1.165) is 11.8 Å². The lowest BCUT2D eigenvalue weighted by Gasteiger charge is -2.08. The third kappa shape index (κ3) is 3.31. The molecule has 6 heteroatoms. The third-order valence-electron chi connectivity index (χ3n) is 3.94. The maximum absolute atomic E-state index is 12.9. The highest BCUT2D eigenvalue weighted by Crippen LogP contribution is 2.30. The molecule has 0 spiro atoms. The van der Waals surface area contributed by atoms with Gasteiger partial charge in [-0.1, -0.05) is 48.5 Å². The Kier molecular flexibility index (Phi) is 4.50. The molecule has 0 N–H and O–H groups in total. The first-order valence-corrected chi connectivity index (χ1v) is 7.78. The summed E-state index contributed by atoms with van der Waals surface area (Å²) in [6.45, 7) is 1.33. The van der Waals surface area contributed by atoms with Crippen molar-refractivity contribution in [1.82, 2.24) is 4.57 Å². The minimum absolute atomic E-state index is 0.148. The van der Waals surface area contributed by atoms with Crippen molar-refractivity contribution in [3.05, 3.63) is 71.9 Å². The smallest absolute Gasteiger partial charge is 0.313 e. The number of para-hydroxylation sites is 1. The summed E-state index contributed by atoms with van der Waals surface area (Å²) in [5.74, 6) is -2.27. The van der Waals surface area contributed by atoms with Gasteiger partial charge in [-0.2, -0.15) is 13.2 Å². The molecule has 3 nitrogen and oxygen atoms in total. The molecule has 3 aromatic rings. The average molecular weight is 357 g/mol. The fourth-order valence-electron chi connectivity index (χ4n) is 2.76. The van der Waals surface area contributed by atoms with Gasteiger partial charge < -0.3 is 4.57 Å². The second-order valence-electron chi connectivity index (χ2n) is 5.75. The van der Waals surface area contributed by atoms with Crippen molar-refractivity contribution in [3.8, 4) is 0 Å². The molecule has 0 atom stereocenters. The summed E-state index contributed by atoms with van der Waals surface area (Å²) in [6, 6.07) is 15.1. The van der Waals surface area contributed by atoms with Gasteiger partial charge >= 0.3 is 6.18 Å². The number of ketones is 2.